The molecule has 1 aliphatic carbocycles. The Kier molecular flexibility index (Phi) is 4.17. The Bertz CT molecular complexity index is 583. The van der Waals surface area contributed by atoms with Crippen molar-refractivity contribution in [3.8, 4) is 0 Å². The van der Waals surface area contributed by atoms with E-state index in [-0.39, 0.29) is 29.7 Å². The van der Waals surface area contributed by atoms with Crippen molar-refractivity contribution in [2.45, 2.75) is 65.7 Å². The summed E-state index contributed by atoms with van der Waals surface area (Å²) in [5, 5.41) is 3.23. The molecular weight excluding hydrogens is 292 g/mol. The molecule has 0 aromatic carbocycles. The van der Waals surface area contributed by atoms with Crippen LogP contribution >= 0.6 is 0 Å². The summed E-state index contributed by atoms with van der Waals surface area (Å²) in [7, 11) is 0. The van der Waals surface area contributed by atoms with Crippen molar-refractivity contribution >= 4 is 6.03 Å². The van der Waals surface area contributed by atoms with E-state index in [1.54, 1.807) is 0 Å². The minimum Gasteiger partial charge on any atom is -0.466 e. The molecule has 5 heteroatoms. The summed E-state index contributed by atoms with van der Waals surface area (Å²) in [4.78, 5) is 14.6. The van der Waals surface area contributed by atoms with Gasteiger partial charge in [-0.3, -0.25) is 0 Å². The summed E-state index contributed by atoms with van der Waals surface area (Å²) >= 11 is 0. The number of fused-ring (bicyclic) bond motifs is 1. The van der Waals surface area contributed by atoms with E-state index < -0.39 is 0 Å². The van der Waals surface area contributed by atoms with E-state index in [2.05, 4.69) is 25.2 Å². The second-order valence-corrected chi connectivity index (χ2v) is 7.95. The molecular formula is C18H28N2O3. The highest BCUT2D eigenvalue weighted by molar-refractivity contribution is 5.75. The molecule has 0 unspecified atom stereocenters. The van der Waals surface area contributed by atoms with Crippen LogP contribution in [0.3, 0.4) is 0 Å². The van der Waals surface area contributed by atoms with Crippen molar-refractivity contribution in [2.24, 2.45) is 5.41 Å². The Morgan fingerprint density at radius 3 is 2.61 bits per heavy atom. The van der Waals surface area contributed by atoms with Crippen LogP contribution in [0.15, 0.2) is 10.5 Å². The van der Waals surface area contributed by atoms with Gasteiger partial charge in [0.15, 0.2) is 0 Å². The van der Waals surface area contributed by atoms with E-state index in [1.807, 2.05) is 25.7 Å². The third kappa shape index (κ3) is 3.55. The van der Waals surface area contributed by atoms with Crippen LogP contribution in [0.5, 0.6) is 0 Å². The quantitative estimate of drug-likeness (QED) is 0.862. The van der Waals surface area contributed by atoms with Gasteiger partial charge in [-0.15, -0.1) is 0 Å². The van der Waals surface area contributed by atoms with Gasteiger partial charge in [0.25, 0.3) is 0 Å². The van der Waals surface area contributed by atoms with Gasteiger partial charge in [-0.2, -0.15) is 0 Å². The van der Waals surface area contributed by atoms with Crippen LogP contribution in [0.1, 0.15) is 57.2 Å². The highest BCUT2D eigenvalue weighted by Gasteiger charge is 2.36. The Morgan fingerprint density at radius 1 is 1.30 bits per heavy atom. The van der Waals surface area contributed by atoms with E-state index in [0.29, 0.717) is 13.1 Å². The maximum Gasteiger partial charge on any atom is 0.318 e. The van der Waals surface area contributed by atoms with E-state index in [1.165, 1.54) is 0 Å². The lowest BCUT2D eigenvalue weighted by Gasteiger charge is -2.38. The third-order valence-corrected chi connectivity index (χ3v) is 4.74. The molecule has 2 aliphatic rings. The van der Waals surface area contributed by atoms with Gasteiger partial charge in [0.05, 0.1) is 18.2 Å². The van der Waals surface area contributed by atoms with Crippen LogP contribution in [-0.2, 0) is 11.2 Å². The SMILES string of the molecule is Cc1cc2c(o1)CC(C)(C)C[C@H]2NC(=O)N1C[C@@H](C)O[C@@H](C)C1. The molecule has 1 aromatic heterocycles. The van der Waals surface area contributed by atoms with E-state index >= 15 is 0 Å². The van der Waals surface area contributed by atoms with Crippen molar-refractivity contribution in [3.63, 3.8) is 0 Å². The van der Waals surface area contributed by atoms with Crippen LogP contribution in [-0.4, -0.2) is 36.2 Å². The predicted octanol–water partition coefficient (Wildman–Crippen LogP) is 3.42. The number of carbonyl (C=O) groups is 1. The molecule has 0 spiro atoms. The molecule has 1 saturated heterocycles. The highest BCUT2D eigenvalue weighted by atomic mass is 16.5. The summed E-state index contributed by atoms with van der Waals surface area (Å²) < 4.78 is 11.6. The second kappa shape index (κ2) is 5.86. The lowest BCUT2D eigenvalue weighted by Crippen LogP contribution is -2.52. The average Bonchev–Trinajstić information content (AvgIpc) is 2.76. The van der Waals surface area contributed by atoms with Crippen LogP contribution in [0.2, 0.25) is 0 Å². The lowest BCUT2D eigenvalue weighted by atomic mass is 9.75. The zero-order valence-electron chi connectivity index (χ0n) is 14.8. The highest BCUT2D eigenvalue weighted by Crippen LogP contribution is 2.42. The van der Waals surface area contributed by atoms with Gasteiger partial charge in [-0.25, -0.2) is 4.79 Å². The summed E-state index contributed by atoms with van der Waals surface area (Å²) in [5.74, 6) is 1.94. The molecule has 2 heterocycles. The predicted molar refractivity (Wildman–Crippen MR) is 88.4 cm³/mol. The number of hydrogen-bond donors (Lipinski definition) is 1. The number of urea groups is 1. The zero-order chi connectivity index (χ0) is 16.8. The molecule has 0 radical (unpaired) electrons. The molecule has 0 bridgehead atoms. The standard InChI is InChI=1S/C18H28N2O3/c1-11-6-14-15(7-18(4,5)8-16(14)23-11)19-17(21)20-9-12(2)22-13(3)10-20/h6,12-13,15H,7-10H2,1-5H3,(H,19,21)/t12-,13+,15-/m1/s1. The number of amides is 2. The van der Waals surface area contributed by atoms with E-state index in [4.69, 9.17) is 9.15 Å². The van der Waals surface area contributed by atoms with E-state index in [0.717, 1.165) is 29.9 Å². The Hall–Kier alpha value is -1.49. The first-order valence-electron chi connectivity index (χ1n) is 8.53. The number of furan rings is 1. The van der Waals surface area contributed by atoms with Crippen molar-refractivity contribution in [1.82, 2.24) is 10.2 Å². The van der Waals surface area contributed by atoms with Gasteiger partial charge < -0.3 is 19.4 Å². The first kappa shape index (κ1) is 16.4. The second-order valence-electron chi connectivity index (χ2n) is 7.95. The number of carbonyl (C=O) groups excluding carboxylic acids is 1. The van der Waals surface area contributed by atoms with Gasteiger partial charge in [0, 0.05) is 25.1 Å². The summed E-state index contributed by atoms with van der Waals surface area (Å²) in [6, 6.07) is 2.09. The molecule has 1 fully saturated rings. The van der Waals surface area contributed by atoms with Crippen molar-refractivity contribution in [3.05, 3.63) is 23.2 Å². The number of nitrogens with one attached hydrogen (secondary N) is 1. The number of aryl methyl sites for hydroxylation is 1. The van der Waals surface area contributed by atoms with Crippen LogP contribution < -0.4 is 5.32 Å². The van der Waals surface area contributed by atoms with Gasteiger partial charge in [-0.05, 0) is 38.7 Å². The first-order chi connectivity index (χ1) is 10.7. The largest absolute Gasteiger partial charge is 0.466 e. The van der Waals surface area contributed by atoms with Crippen molar-refractivity contribution in [1.29, 1.82) is 0 Å². The monoisotopic (exact) mass is 320 g/mol. The molecule has 5 nitrogen and oxygen atoms in total. The maximum atomic E-state index is 12.7. The summed E-state index contributed by atoms with van der Waals surface area (Å²) in [5.41, 5.74) is 1.27. The fraction of sp³-hybridized carbons (Fsp3) is 0.722. The third-order valence-electron chi connectivity index (χ3n) is 4.74. The molecule has 2 amide bonds. The van der Waals surface area contributed by atoms with Gasteiger partial charge >= 0.3 is 6.03 Å². The Labute approximate surface area is 138 Å². The maximum absolute atomic E-state index is 12.7. The van der Waals surface area contributed by atoms with Crippen LogP contribution in [0, 0.1) is 12.3 Å². The van der Waals surface area contributed by atoms with E-state index in [9.17, 15) is 4.79 Å². The Balaban J connectivity index is 1.75. The molecule has 3 atom stereocenters. The lowest BCUT2D eigenvalue weighted by molar-refractivity contribution is -0.0549. The van der Waals surface area contributed by atoms with Gasteiger partial charge in [-0.1, -0.05) is 13.8 Å². The average molecular weight is 320 g/mol. The Morgan fingerprint density at radius 2 is 1.96 bits per heavy atom. The van der Waals surface area contributed by atoms with Gasteiger partial charge in [0.1, 0.15) is 11.5 Å². The summed E-state index contributed by atoms with van der Waals surface area (Å²) in [6.07, 6.45) is 2.02. The molecule has 128 valence electrons. The fourth-order valence-corrected chi connectivity index (χ4v) is 3.90. The number of morpholine rings is 1. The smallest absolute Gasteiger partial charge is 0.318 e. The molecule has 1 aliphatic heterocycles. The van der Waals surface area contributed by atoms with Crippen molar-refractivity contribution in [2.75, 3.05) is 13.1 Å². The minimum atomic E-state index is -0.000460. The number of hydrogen-bond acceptors (Lipinski definition) is 3. The molecule has 23 heavy (non-hydrogen) atoms. The number of rotatable bonds is 1. The molecule has 1 N–H and O–H groups in total. The molecule has 0 saturated carbocycles. The van der Waals surface area contributed by atoms with Crippen molar-refractivity contribution < 1.29 is 13.9 Å². The zero-order valence-corrected chi connectivity index (χ0v) is 14.8. The summed E-state index contributed by atoms with van der Waals surface area (Å²) in [6.45, 7) is 11.7. The normalized spacial score (nSPS) is 30.0. The fourth-order valence-electron chi connectivity index (χ4n) is 3.90. The number of ether oxygens (including phenoxy) is 1. The van der Waals surface area contributed by atoms with Crippen LogP contribution in [0.25, 0.3) is 0 Å². The molecule has 1 aromatic rings. The van der Waals surface area contributed by atoms with Gasteiger partial charge in [0.2, 0.25) is 0 Å². The molecule has 3 rings (SSSR count). The number of nitrogens with zero attached hydrogens (tertiary/aromatic N) is 1. The topological polar surface area (TPSA) is 54.7 Å². The van der Waals surface area contributed by atoms with Crippen LogP contribution in [0.4, 0.5) is 4.79 Å². The first-order valence-corrected chi connectivity index (χ1v) is 8.53. The minimum absolute atomic E-state index is 0.000460.